The van der Waals surface area contributed by atoms with Crippen LogP contribution in [0.25, 0.3) is 0 Å². The van der Waals surface area contributed by atoms with E-state index in [1.807, 2.05) is 0 Å². The number of anilines is 1. The highest BCUT2D eigenvalue weighted by Gasteiger charge is 2.07. The van der Waals surface area contributed by atoms with Crippen LogP contribution in [0.15, 0.2) is 41.4 Å². The number of guanidine groups is 1. The minimum atomic E-state index is 0. The Labute approximate surface area is 137 Å². The van der Waals surface area contributed by atoms with Crippen LogP contribution in [-0.2, 0) is 6.54 Å². The van der Waals surface area contributed by atoms with Gasteiger partial charge in [-0.1, -0.05) is 24.3 Å². The summed E-state index contributed by atoms with van der Waals surface area (Å²) in [6.07, 6.45) is 5.55. The molecule has 1 aromatic carbocycles. The van der Waals surface area contributed by atoms with Gasteiger partial charge in [0, 0.05) is 38.4 Å². The Bertz CT molecular complexity index is 473. The van der Waals surface area contributed by atoms with E-state index in [0.29, 0.717) is 0 Å². The molecule has 0 aliphatic carbocycles. The normalized spacial score (nSPS) is 17.2. The summed E-state index contributed by atoms with van der Waals surface area (Å²) in [6, 6.07) is 8.76. The van der Waals surface area contributed by atoms with E-state index >= 15 is 0 Å². The Balaban J connectivity index is 0.00000147. The van der Waals surface area contributed by atoms with Crippen LogP contribution >= 0.6 is 24.0 Å². The maximum atomic E-state index is 4.40. The molecule has 3 rings (SSSR count). The SMILES string of the molecule is C1=CCN(c2ccc(CNC3=NCCCN3)cc2)C1.I. The lowest BCUT2D eigenvalue weighted by Crippen LogP contribution is -2.40. The Morgan fingerprint density at radius 1 is 1.15 bits per heavy atom. The minimum Gasteiger partial charge on any atom is -0.364 e. The zero-order valence-corrected chi connectivity index (χ0v) is 13.8. The topological polar surface area (TPSA) is 39.7 Å². The van der Waals surface area contributed by atoms with Gasteiger partial charge in [-0.05, 0) is 24.1 Å². The summed E-state index contributed by atoms with van der Waals surface area (Å²) in [5.41, 5.74) is 2.58. The predicted octanol–water partition coefficient (Wildman–Crippen LogP) is 2.12. The van der Waals surface area contributed by atoms with Gasteiger partial charge < -0.3 is 15.5 Å². The van der Waals surface area contributed by atoms with Gasteiger partial charge in [-0.25, -0.2) is 0 Å². The molecule has 0 aromatic heterocycles. The second kappa shape index (κ2) is 7.52. The lowest BCUT2D eigenvalue weighted by molar-refractivity contribution is 0.702. The van der Waals surface area contributed by atoms with Gasteiger partial charge in [-0.3, -0.25) is 4.99 Å². The number of benzene rings is 1. The van der Waals surface area contributed by atoms with Crippen LogP contribution in [0.3, 0.4) is 0 Å². The number of nitrogens with zero attached hydrogens (tertiary/aromatic N) is 2. The molecule has 4 nitrogen and oxygen atoms in total. The molecule has 20 heavy (non-hydrogen) atoms. The molecule has 0 saturated heterocycles. The first kappa shape index (κ1) is 15.2. The zero-order valence-electron chi connectivity index (χ0n) is 11.5. The molecule has 5 heteroatoms. The Kier molecular flexibility index (Phi) is 5.70. The van der Waals surface area contributed by atoms with Crippen molar-refractivity contribution in [1.29, 1.82) is 0 Å². The quantitative estimate of drug-likeness (QED) is 0.620. The highest BCUT2D eigenvalue weighted by Crippen LogP contribution is 2.17. The van der Waals surface area contributed by atoms with Crippen LogP contribution < -0.4 is 15.5 Å². The molecule has 0 amide bonds. The first-order valence-electron chi connectivity index (χ1n) is 6.93. The molecule has 0 unspecified atom stereocenters. The van der Waals surface area contributed by atoms with Gasteiger partial charge in [0.05, 0.1) is 0 Å². The predicted molar refractivity (Wildman–Crippen MR) is 95.0 cm³/mol. The smallest absolute Gasteiger partial charge is 0.191 e. The van der Waals surface area contributed by atoms with Gasteiger partial charge >= 0.3 is 0 Å². The Hall–Kier alpha value is -1.24. The van der Waals surface area contributed by atoms with Crippen LogP contribution in [0.4, 0.5) is 5.69 Å². The molecule has 0 atom stereocenters. The molecule has 2 N–H and O–H groups in total. The molecule has 2 aliphatic heterocycles. The van der Waals surface area contributed by atoms with E-state index in [9.17, 15) is 0 Å². The summed E-state index contributed by atoms with van der Waals surface area (Å²) in [7, 11) is 0. The van der Waals surface area contributed by atoms with E-state index < -0.39 is 0 Å². The molecule has 0 spiro atoms. The van der Waals surface area contributed by atoms with Crippen molar-refractivity contribution in [2.45, 2.75) is 13.0 Å². The fourth-order valence-corrected chi connectivity index (χ4v) is 2.35. The van der Waals surface area contributed by atoms with E-state index in [1.54, 1.807) is 0 Å². The van der Waals surface area contributed by atoms with E-state index in [0.717, 1.165) is 45.1 Å². The van der Waals surface area contributed by atoms with Crippen molar-refractivity contribution in [1.82, 2.24) is 10.6 Å². The number of nitrogens with one attached hydrogen (secondary N) is 2. The lowest BCUT2D eigenvalue weighted by atomic mass is 10.2. The fourth-order valence-electron chi connectivity index (χ4n) is 2.35. The summed E-state index contributed by atoms with van der Waals surface area (Å²) in [5.74, 6) is 0.930. The number of aliphatic imine (C=N–C) groups is 1. The molecule has 0 radical (unpaired) electrons. The molecule has 2 aliphatic rings. The lowest BCUT2D eigenvalue weighted by Gasteiger charge is -2.18. The highest BCUT2D eigenvalue weighted by atomic mass is 127. The molecule has 108 valence electrons. The van der Waals surface area contributed by atoms with Crippen molar-refractivity contribution >= 4 is 35.6 Å². The van der Waals surface area contributed by atoms with Crippen molar-refractivity contribution in [3.05, 3.63) is 42.0 Å². The fraction of sp³-hybridized carbons (Fsp3) is 0.400. The van der Waals surface area contributed by atoms with Gasteiger partial charge in [0.1, 0.15) is 0 Å². The third-order valence-corrected chi connectivity index (χ3v) is 3.48. The molecular formula is C15H21IN4. The van der Waals surface area contributed by atoms with Crippen LogP contribution in [0, 0.1) is 0 Å². The summed E-state index contributed by atoms with van der Waals surface area (Å²) in [6.45, 7) is 4.82. The van der Waals surface area contributed by atoms with Crippen LogP contribution in [0.5, 0.6) is 0 Å². The van der Waals surface area contributed by atoms with Crippen molar-refractivity contribution in [3.63, 3.8) is 0 Å². The minimum absolute atomic E-state index is 0. The van der Waals surface area contributed by atoms with Gasteiger partial charge in [0.2, 0.25) is 0 Å². The largest absolute Gasteiger partial charge is 0.364 e. The summed E-state index contributed by atoms with van der Waals surface area (Å²) in [5, 5.41) is 6.61. The monoisotopic (exact) mass is 384 g/mol. The van der Waals surface area contributed by atoms with Crippen molar-refractivity contribution in [2.75, 3.05) is 31.1 Å². The Morgan fingerprint density at radius 3 is 2.55 bits per heavy atom. The van der Waals surface area contributed by atoms with Gasteiger partial charge in [-0.15, -0.1) is 24.0 Å². The molecule has 0 saturated carbocycles. The second-order valence-corrected chi connectivity index (χ2v) is 4.91. The number of hydrogen-bond acceptors (Lipinski definition) is 4. The van der Waals surface area contributed by atoms with E-state index in [2.05, 4.69) is 56.9 Å². The number of halogens is 1. The molecule has 1 aromatic rings. The van der Waals surface area contributed by atoms with Crippen LogP contribution in [-0.4, -0.2) is 32.1 Å². The average molecular weight is 384 g/mol. The van der Waals surface area contributed by atoms with Crippen LogP contribution in [0.1, 0.15) is 12.0 Å². The zero-order chi connectivity index (χ0) is 12.9. The Morgan fingerprint density at radius 2 is 1.90 bits per heavy atom. The van der Waals surface area contributed by atoms with E-state index in [4.69, 9.17) is 0 Å². The number of hydrogen-bond donors (Lipinski definition) is 2. The third-order valence-electron chi connectivity index (χ3n) is 3.48. The van der Waals surface area contributed by atoms with Gasteiger partial charge in [-0.2, -0.15) is 0 Å². The summed E-state index contributed by atoms with van der Waals surface area (Å²) >= 11 is 0. The van der Waals surface area contributed by atoms with Crippen molar-refractivity contribution in [3.8, 4) is 0 Å². The summed E-state index contributed by atoms with van der Waals surface area (Å²) < 4.78 is 0. The first-order valence-corrected chi connectivity index (χ1v) is 6.93. The number of rotatable bonds is 3. The van der Waals surface area contributed by atoms with Crippen molar-refractivity contribution < 1.29 is 0 Å². The van der Waals surface area contributed by atoms with Crippen molar-refractivity contribution in [2.24, 2.45) is 4.99 Å². The molecular weight excluding hydrogens is 363 g/mol. The van der Waals surface area contributed by atoms with Crippen LogP contribution in [0.2, 0.25) is 0 Å². The molecule has 0 fully saturated rings. The standard InChI is InChI=1S/C15H20N4.HI/c1-2-11-19(10-1)14-6-4-13(5-7-14)12-18-15-16-8-3-9-17-15;/h1-2,4-7H,3,8-12H2,(H2,16,17,18);1H. The van der Waals surface area contributed by atoms with Gasteiger partial charge in [0.25, 0.3) is 0 Å². The maximum absolute atomic E-state index is 4.40. The molecule has 0 bridgehead atoms. The van der Waals surface area contributed by atoms with Gasteiger partial charge in [0.15, 0.2) is 5.96 Å². The van der Waals surface area contributed by atoms with E-state index in [-0.39, 0.29) is 24.0 Å². The maximum Gasteiger partial charge on any atom is 0.191 e. The highest BCUT2D eigenvalue weighted by molar-refractivity contribution is 14.0. The third kappa shape index (κ3) is 3.88. The molecule has 2 heterocycles. The first-order chi connectivity index (χ1) is 9.42. The second-order valence-electron chi connectivity index (χ2n) is 4.91. The van der Waals surface area contributed by atoms with E-state index in [1.165, 1.54) is 11.3 Å². The summed E-state index contributed by atoms with van der Waals surface area (Å²) in [4.78, 5) is 6.75. The average Bonchev–Trinajstić information content (AvgIpc) is 3.01.